The van der Waals surface area contributed by atoms with Crippen LogP contribution in [-0.2, 0) is 16.1 Å². The highest BCUT2D eigenvalue weighted by molar-refractivity contribution is 5.94. The van der Waals surface area contributed by atoms with Crippen molar-refractivity contribution >= 4 is 12.0 Å². The zero-order valence-corrected chi connectivity index (χ0v) is 22.4. The molecule has 1 heterocycles. The molecule has 1 aliphatic rings. The fourth-order valence-corrected chi connectivity index (χ4v) is 5.35. The molecule has 0 saturated carbocycles. The van der Waals surface area contributed by atoms with E-state index in [0.717, 1.165) is 34.4 Å². The molecule has 194 valence electrons. The van der Waals surface area contributed by atoms with Crippen LogP contribution in [0.15, 0.2) is 78.9 Å². The number of ether oxygens (including phenoxy) is 2. The van der Waals surface area contributed by atoms with Crippen molar-refractivity contribution in [3.63, 3.8) is 0 Å². The summed E-state index contributed by atoms with van der Waals surface area (Å²) in [4.78, 5) is 28.2. The lowest BCUT2D eigenvalue weighted by atomic mass is 9.84. The van der Waals surface area contributed by atoms with Gasteiger partial charge in [0, 0.05) is 17.9 Å². The number of nitrogens with zero attached hydrogens (tertiary/aromatic N) is 1. The van der Waals surface area contributed by atoms with Crippen molar-refractivity contribution in [1.82, 2.24) is 4.90 Å². The van der Waals surface area contributed by atoms with Crippen molar-refractivity contribution in [1.29, 1.82) is 0 Å². The van der Waals surface area contributed by atoms with Crippen molar-refractivity contribution in [2.75, 3.05) is 0 Å². The van der Waals surface area contributed by atoms with Crippen LogP contribution in [0, 0.1) is 12.8 Å². The van der Waals surface area contributed by atoms with Gasteiger partial charge in [0.25, 0.3) is 0 Å². The number of amides is 2. The van der Waals surface area contributed by atoms with E-state index < -0.39 is 11.7 Å². The Hall–Kier alpha value is -3.60. The summed E-state index contributed by atoms with van der Waals surface area (Å²) >= 11 is 0. The number of rotatable bonds is 9. The van der Waals surface area contributed by atoms with Gasteiger partial charge in [-0.1, -0.05) is 98.6 Å². The van der Waals surface area contributed by atoms with E-state index >= 15 is 0 Å². The van der Waals surface area contributed by atoms with Crippen molar-refractivity contribution in [3.8, 4) is 5.75 Å². The molecule has 0 spiro atoms. The smallest absolute Gasteiger partial charge is 0.417 e. The minimum atomic E-state index is -0.738. The monoisotopic (exact) mass is 499 g/mol. The van der Waals surface area contributed by atoms with Gasteiger partial charge in [0.2, 0.25) is 5.91 Å². The molecule has 3 aromatic rings. The fourth-order valence-electron chi connectivity index (χ4n) is 5.35. The second-order valence-corrected chi connectivity index (χ2v) is 10.5. The van der Waals surface area contributed by atoms with E-state index in [4.69, 9.17) is 9.47 Å². The predicted octanol–water partition coefficient (Wildman–Crippen LogP) is 7.27. The molecule has 5 nitrogen and oxygen atoms in total. The van der Waals surface area contributed by atoms with Crippen LogP contribution < -0.4 is 4.74 Å². The van der Waals surface area contributed by atoms with Gasteiger partial charge in [0.05, 0.1) is 6.04 Å². The van der Waals surface area contributed by atoms with Crippen molar-refractivity contribution in [2.45, 2.75) is 71.6 Å². The van der Waals surface area contributed by atoms with Crippen LogP contribution in [0.2, 0.25) is 0 Å². The van der Waals surface area contributed by atoms with Gasteiger partial charge in [0.1, 0.15) is 18.0 Å². The average Bonchev–Trinajstić information content (AvgIpc) is 3.15. The van der Waals surface area contributed by atoms with Gasteiger partial charge in [-0.15, -0.1) is 0 Å². The SMILES string of the molecule is CCC(C)[C@@H]1N(C(=O)C[C@@H](c2ccccc2)c2cc(C)ccc2OCc2ccccc2)C(=O)OC1(C)C. The van der Waals surface area contributed by atoms with Crippen LogP contribution in [0.3, 0.4) is 0 Å². The lowest BCUT2D eigenvalue weighted by Crippen LogP contribution is -2.48. The van der Waals surface area contributed by atoms with Crippen molar-refractivity contribution in [3.05, 3.63) is 101 Å². The molecular formula is C32H37NO4. The third-order valence-corrected chi connectivity index (χ3v) is 7.35. The van der Waals surface area contributed by atoms with E-state index in [1.54, 1.807) is 0 Å². The maximum absolute atomic E-state index is 13.9. The molecule has 1 unspecified atom stereocenters. The standard InChI is InChI=1S/C32H37NO4/c1-6-23(3)30-32(4,5)37-31(35)33(30)29(34)20-26(25-15-11-8-12-16-25)27-19-22(2)17-18-28(27)36-21-24-13-9-7-10-14-24/h7-19,23,26,30H,6,20-21H2,1-5H3/t23?,26-,30-/m0/s1. The molecule has 37 heavy (non-hydrogen) atoms. The van der Waals surface area contributed by atoms with Crippen molar-refractivity contribution < 1.29 is 19.1 Å². The molecule has 1 fully saturated rings. The van der Waals surface area contributed by atoms with Crippen LogP contribution >= 0.6 is 0 Å². The second-order valence-electron chi connectivity index (χ2n) is 10.5. The van der Waals surface area contributed by atoms with E-state index in [1.165, 1.54) is 4.90 Å². The molecule has 0 aliphatic carbocycles. The minimum absolute atomic E-state index is 0.115. The quantitative estimate of drug-likeness (QED) is 0.311. The molecule has 3 aromatic carbocycles. The molecule has 0 bridgehead atoms. The number of aryl methyl sites for hydroxylation is 1. The van der Waals surface area contributed by atoms with Gasteiger partial charge in [-0.3, -0.25) is 4.79 Å². The molecule has 4 rings (SSSR count). The highest BCUT2D eigenvalue weighted by atomic mass is 16.6. The molecule has 5 heteroatoms. The normalized spacial score (nSPS) is 18.2. The van der Waals surface area contributed by atoms with Gasteiger partial charge >= 0.3 is 6.09 Å². The third kappa shape index (κ3) is 5.87. The van der Waals surface area contributed by atoms with E-state index in [2.05, 4.69) is 19.9 Å². The average molecular weight is 500 g/mol. The summed E-state index contributed by atoms with van der Waals surface area (Å²) in [6.07, 6.45) is 0.413. The lowest BCUT2D eigenvalue weighted by molar-refractivity contribution is -0.130. The lowest BCUT2D eigenvalue weighted by Gasteiger charge is -2.33. The molecule has 1 aliphatic heterocycles. The summed E-state index contributed by atoms with van der Waals surface area (Å²) in [5.74, 6) is 0.335. The Bertz CT molecular complexity index is 1220. The van der Waals surface area contributed by atoms with Crippen LogP contribution in [-0.4, -0.2) is 28.5 Å². The first-order chi connectivity index (χ1) is 17.7. The van der Waals surface area contributed by atoms with Gasteiger partial charge in [-0.2, -0.15) is 0 Å². The number of cyclic esters (lactones) is 1. The minimum Gasteiger partial charge on any atom is -0.489 e. The first kappa shape index (κ1) is 26.5. The van der Waals surface area contributed by atoms with Gasteiger partial charge in [-0.25, -0.2) is 9.69 Å². The second kappa shape index (κ2) is 11.2. The summed E-state index contributed by atoms with van der Waals surface area (Å²) in [6.45, 7) is 10.4. The Morgan fingerprint density at radius 3 is 2.32 bits per heavy atom. The van der Waals surface area contributed by atoms with Gasteiger partial charge in [0.15, 0.2) is 0 Å². The van der Waals surface area contributed by atoms with Crippen LogP contribution in [0.4, 0.5) is 4.79 Å². The highest BCUT2D eigenvalue weighted by Gasteiger charge is 2.52. The molecule has 1 saturated heterocycles. The maximum atomic E-state index is 13.9. The Balaban J connectivity index is 1.70. The largest absolute Gasteiger partial charge is 0.489 e. The first-order valence-corrected chi connectivity index (χ1v) is 13.1. The summed E-state index contributed by atoms with van der Waals surface area (Å²) < 4.78 is 12.0. The number of carbonyl (C=O) groups excluding carboxylic acids is 2. The van der Waals surface area contributed by atoms with Crippen LogP contribution in [0.25, 0.3) is 0 Å². The Labute approximate surface area is 220 Å². The third-order valence-electron chi connectivity index (χ3n) is 7.35. The first-order valence-electron chi connectivity index (χ1n) is 13.1. The Kier molecular flexibility index (Phi) is 8.01. The molecule has 0 radical (unpaired) electrons. The number of imide groups is 1. The number of hydrogen-bond donors (Lipinski definition) is 0. The Morgan fingerprint density at radius 2 is 1.68 bits per heavy atom. The molecule has 0 N–H and O–H groups in total. The molecule has 0 aromatic heterocycles. The number of carbonyl (C=O) groups is 2. The van der Waals surface area contributed by atoms with Crippen molar-refractivity contribution in [2.24, 2.45) is 5.92 Å². The molecular weight excluding hydrogens is 462 g/mol. The maximum Gasteiger partial charge on any atom is 0.417 e. The van der Waals surface area contributed by atoms with Crippen LogP contribution in [0.5, 0.6) is 5.75 Å². The Morgan fingerprint density at radius 1 is 1.03 bits per heavy atom. The molecule has 3 atom stereocenters. The van der Waals surface area contributed by atoms with E-state index in [0.29, 0.717) is 6.61 Å². The number of hydrogen-bond acceptors (Lipinski definition) is 4. The van der Waals surface area contributed by atoms with E-state index in [9.17, 15) is 9.59 Å². The fraction of sp³-hybridized carbons (Fsp3) is 0.375. The van der Waals surface area contributed by atoms with Gasteiger partial charge in [-0.05, 0) is 43.9 Å². The molecule has 2 amide bonds. The summed E-state index contributed by atoms with van der Waals surface area (Å²) in [7, 11) is 0. The number of benzene rings is 3. The zero-order valence-electron chi connectivity index (χ0n) is 22.4. The van der Waals surface area contributed by atoms with E-state index in [1.807, 2.05) is 93.6 Å². The summed E-state index contributed by atoms with van der Waals surface area (Å²) in [5, 5.41) is 0. The van der Waals surface area contributed by atoms with E-state index in [-0.39, 0.29) is 30.2 Å². The van der Waals surface area contributed by atoms with Crippen LogP contribution in [0.1, 0.15) is 68.7 Å². The summed E-state index contributed by atoms with van der Waals surface area (Å²) in [5.41, 5.74) is 3.34. The highest BCUT2D eigenvalue weighted by Crippen LogP contribution is 2.40. The zero-order chi connectivity index (χ0) is 26.6. The summed E-state index contributed by atoms with van der Waals surface area (Å²) in [6, 6.07) is 25.8. The predicted molar refractivity (Wildman–Crippen MR) is 146 cm³/mol. The topological polar surface area (TPSA) is 55.8 Å². The van der Waals surface area contributed by atoms with Gasteiger partial charge < -0.3 is 9.47 Å².